The van der Waals surface area contributed by atoms with Gasteiger partial charge < -0.3 is 0 Å². The van der Waals surface area contributed by atoms with Gasteiger partial charge >= 0.3 is 0 Å². The van der Waals surface area contributed by atoms with E-state index in [0.717, 1.165) is 24.3 Å². The second kappa shape index (κ2) is 3.57. The highest BCUT2D eigenvalue weighted by molar-refractivity contribution is 7.85. The zero-order valence-electron chi connectivity index (χ0n) is 10.5. The van der Waals surface area contributed by atoms with E-state index in [1.807, 2.05) is 0 Å². The zero-order valence-corrected chi connectivity index (χ0v) is 11.3. The van der Waals surface area contributed by atoms with Crippen molar-refractivity contribution in [3.05, 3.63) is 47.5 Å². The predicted octanol–water partition coefficient (Wildman–Crippen LogP) is 2.97. The first-order chi connectivity index (χ1) is 8.76. The normalized spacial score (nSPS) is 41.0. The Bertz CT molecular complexity index is 562. The summed E-state index contributed by atoms with van der Waals surface area (Å²) in [5.74, 6) is 1.81. The van der Waals surface area contributed by atoms with Crippen molar-refractivity contribution in [3.8, 4) is 0 Å². The SMILES string of the molecule is O=[S@@]1C[C@@]23CC=CC[C@@]2(C1)c1ccccc1CC3. The standard InChI is InChI=1S/C16H18OS/c17-18-11-15-8-3-4-9-16(15,12-18)14-6-2-1-5-13(14)7-10-15/h1-6H,7-12H2/t15-,16+,18+/m0/s1. The second-order valence-electron chi connectivity index (χ2n) is 6.13. The van der Waals surface area contributed by atoms with E-state index in [9.17, 15) is 4.21 Å². The van der Waals surface area contributed by atoms with Crippen LogP contribution in [0.25, 0.3) is 0 Å². The Balaban J connectivity index is 1.99. The maximum absolute atomic E-state index is 12.3. The topological polar surface area (TPSA) is 17.1 Å². The molecule has 1 fully saturated rings. The summed E-state index contributed by atoms with van der Waals surface area (Å²) in [5, 5.41) is 0. The molecule has 0 spiro atoms. The van der Waals surface area contributed by atoms with E-state index < -0.39 is 10.8 Å². The molecule has 2 heteroatoms. The van der Waals surface area contributed by atoms with Gasteiger partial charge in [-0.3, -0.25) is 4.21 Å². The van der Waals surface area contributed by atoms with Crippen LogP contribution in [0.15, 0.2) is 36.4 Å². The predicted molar refractivity (Wildman–Crippen MR) is 75.1 cm³/mol. The van der Waals surface area contributed by atoms with Crippen LogP contribution in [0, 0.1) is 5.41 Å². The molecule has 0 aromatic heterocycles. The lowest BCUT2D eigenvalue weighted by atomic mass is 9.51. The maximum Gasteiger partial charge on any atom is 0.0341 e. The molecule has 1 aromatic rings. The van der Waals surface area contributed by atoms with Crippen LogP contribution >= 0.6 is 0 Å². The summed E-state index contributed by atoms with van der Waals surface area (Å²) in [7, 11) is -0.628. The quantitative estimate of drug-likeness (QED) is 0.654. The highest BCUT2D eigenvalue weighted by Gasteiger charge is 2.60. The van der Waals surface area contributed by atoms with Gasteiger partial charge in [0, 0.05) is 27.7 Å². The molecule has 3 atom stereocenters. The summed E-state index contributed by atoms with van der Waals surface area (Å²) in [6.07, 6.45) is 9.27. The molecule has 3 aliphatic rings. The minimum absolute atomic E-state index is 0.182. The Morgan fingerprint density at radius 1 is 1.06 bits per heavy atom. The third kappa shape index (κ3) is 1.20. The molecule has 0 radical (unpaired) electrons. The zero-order chi connectivity index (χ0) is 12.2. The van der Waals surface area contributed by atoms with Crippen LogP contribution < -0.4 is 0 Å². The average molecular weight is 258 g/mol. The van der Waals surface area contributed by atoms with Gasteiger partial charge in [-0.2, -0.15) is 0 Å². The van der Waals surface area contributed by atoms with E-state index in [4.69, 9.17) is 0 Å². The van der Waals surface area contributed by atoms with Gasteiger partial charge in [-0.05, 0) is 42.2 Å². The second-order valence-corrected chi connectivity index (χ2v) is 7.58. The molecule has 1 aromatic carbocycles. The minimum Gasteiger partial charge on any atom is -0.260 e. The van der Waals surface area contributed by atoms with Gasteiger partial charge in [-0.15, -0.1) is 0 Å². The van der Waals surface area contributed by atoms with Gasteiger partial charge in [-0.1, -0.05) is 36.4 Å². The molecule has 0 bridgehead atoms. The van der Waals surface area contributed by atoms with E-state index in [1.54, 1.807) is 0 Å². The van der Waals surface area contributed by atoms with Crippen molar-refractivity contribution in [3.63, 3.8) is 0 Å². The van der Waals surface area contributed by atoms with Gasteiger partial charge in [0.25, 0.3) is 0 Å². The third-order valence-corrected chi connectivity index (χ3v) is 7.10. The largest absolute Gasteiger partial charge is 0.260 e. The fourth-order valence-corrected chi connectivity index (χ4v) is 6.90. The summed E-state index contributed by atoms with van der Waals surface area (Å²) >= 11 is 0. The molecule has 1 aliphatic heterocycles. The molecule has 94 valence electrons. The van der Waals surface area contributed by atoms with Crippen molar-refractivity contribution in [1.29, 1.82) is 0 Å². The lowest BCUT2D eigenvalue weighted by molar-refractivity contribution is 0.142. The lowest BCUT2D eigenvalue weighted by Crippen LogP contribution is -2.49. The fraction of sp³-hybridized carbons (Fsp3) is 0.500. The van der Waals surface area contributed by atoms with Crippen molar-refractivity contribution in [2.45, 2.75) is 31.1 Å². The van der Waals surface area contributed by atoms with Crippen LogP contribution in [0.3, 0.4) is 0 Å². The molecule has 1 heterocycles. The number of rotatable bonds is 0. The molecule has 18 heavy (non-hydrogen) atoms. The summed E-state index contributed by atoms with van der Waals surface area (Å²) in [4.78, 5) is 0. The highest BCUT2D eigenvalue weighted by atomic mass is 32.2. The Morgan fingerprint density at radius 3 is 2.83 bits per heavy atom. The van der Waals surface area contributed by atoms with Crippen LogP contribution in [-0.2, 0) is 22.6 Å². The van der Waals surface area contributed by atoms with E-state index >= 15 is 0 Å². The van der Waals surface area contributed by atoms with Crippen molar-refractivity contribution >= 4 is 10.8 Å². The Labute approximate surface area is 111 Å². The van der Waals surface area contributed by atoms with Gasteiger partial charge in [-0.25, -0.2) is 0 Å². The smallest absolute Gasteiger partial charge is 0.0341 e. The molecular formula is C16H18OS. The lowest BCUT2D eigenvalue weighted by Gasteiger charge is -2.51. The summed E-state index contributed by atoms with van der Waals surface area (Å²) < 4.78 is 12.3. The van der Waals surface area contributed by atoms with Crippen molar-refractivity contribution in [2.75, 3.05) is 11.5 Å². The summed E-state index contributed by atoms with van der Waals surface area (Å²) in [5.41, 5.74) is 3.48. The van der Waals surface area contributed by atoms with Crippen LogP contribution in [0.1, 0.15) is 30.4 Å². The van der Waals surface area contributed by atoms with Crippen LogP contribution in [0.4, 0.5) is 0 Å². The minimum atomic E-state index is -0.628. The average Bonchev–Trinajstić information content (AvgIpc) is 2.71. The highest BCUT2D eigenvalue weighted by Crippen LogP contribution is 2.60. The molecule has 0 saturated carbocycles. The number of hydrogen-bond acceptors (Lipinski definition) is 1. The molecule has 2 aliphatic carbocycles. The number of fused-ring (bicyclic) bond motifs is 1. The van der Waals surface area contributed by atoms with Gasteiger partial charge in [0.2, 0.25) is 0 Å². The van der Waals surface area contributed by atoms with Crippen LogP contribution in [-0.4, -0.2) is 15.7 Å². The molecule has 0 amide bonds. The van der Waals surface area contributed by atoms with Gasteiger partial charge in [0.05, 0.1) is 0 Å². The third-order valence-electron chi connectivity index (χ3n) is 5.41. The Hall–Kier alpha value is -0.890. The summed E-state index contributed by atoms with van der Waals surface area (Å²) in [6, 6.07) is 8.87. The summed E-state index contributed by atoms with van der Waals surface area (Å²) in [6.45, 7) is 0. The number of hydrogen-bond donors (Lipinski definition) is 0. The molecule has 1 nitrogen and oxygen atoms in total. The first-order valence-electron chi connectivity index (χ1n) is 6.84. The first kappa shape index (κ1) is 11.0. The number of aryl methyl sites for hydroxylation is 1. The van der Waals surface area contributed by atoms with Crippen molar-refractivity contribution < 1.29 is 4.21 Å². The number of benzene rings is 1. The molecule has 0 unspecified atom stereocenters. The monoisotopic (exact) mass is 258 g/mol. The fourth-order valence-electron chi connectivity index (χ4n) is 4.51. The van der Waals surface area contributed by atoms with E-state index in [1.165, 1.54) is 24.0 Å². The van der Waals surface area contributed by atoms with Crippen LogP contribution in [0.2, 0.25) is 0 Å². The van der Waals surface area contributed by atoms with Gasteiger partial charge in [0.1, 0.15) is 0 Å². The van der Waals surface area contributed by atoms with Crippen LogP contribution in [0.5, 0.6) is 0 Å². The van der Waals surface area contributed by atoms with Crippen molar-refractivity contribution in [1.82, 2.24) is 0 Å². The Morgan fingerprint density at radius 2 is 1.89 bits per heavy atom. The van der Waals surface area contributed by atoms with E-state index in [0.29, 0.717) is 5.41 Å². The molecule has 1 saturated heterocycles. The molecule has 4 rings (SSSR count). The molecule has 0 N–H and O–H groups in total. The first-order valence-corrected chi connectivity index (χ1v) is 8.33. The Kier molecular flexibility index (Phi) is 2.18. The maximum atomic E-state index is 12.3. The molecular weight excluding hydrogens is 240 g/mol. The van der Waals surface area contributed by atoms with E-state index in [2.05, 4.69) is 36.4 Å². The number of allylic oxidation sites excluding steroid dienone is 2. The van der Waals surface area contributed by atoms with E-state index in [-0.39, 0.29) is 5.41 Å². The van der Waals surface area contributed by atoms with Gasteiger partial charge in [0.15, 0.2) is 0 Å². The van der Waals surface area contributed by atoms with Crippen molar-refractivity contribution in [2.24, 2.45) is 5.41 Å².